The van der Waals surface area contributed by atoms with Gasteiger partial charge in [0.1, 0.15) is 5.82 Å². The third-order valence-electron chi connectivity index (χ3n) is 2.35. The van der Waals surface area contributed by atoms with Crippen LogP contribution in [0.15, 0.2) is 40.9 Å². The lowest BCUT2D eigenvalue weighted by molar-refractivity contribution is 0.103. The molecule has 0 N–H and O–H groups in total. The third kappa shape index (κ3) is 2.74. The fourth-order valence-corrected chi connectivity index (χ4v) is 2.35. The monoisotopic (exact) mass is 346 g/mol. The van der Waals surface area contributed by atoms with E-state index in [1.807, 2.05) is 0 Å². The molecule has 5 heteroatoms. The Morgan fingerprint density at radius 3 is 2.44 bits per heavy atom. The standard InChI is InChI=1S/C13H6BrCl2FO/c14-7-1-4-12(17)10(5-7)13(18)9-3-2-8(15)6-11(9)16/h1-6H. The minimum atomic E-state index is -0.589. The molecule has 0 amide bonds. The molecule has 0 aliphatic heterocycles. The van der Waals surface area contributed by atoms with Crippen molar-refractivity contribution in [3.05, 3.63) is 67.9 Å². The lowest BCUT2D eigenvalue weighted by atomic mass is 10.0. The van der Waals surface area contributed by atoms with Crippen LogP contribution in [0, 0.1) is 5.82 Å². The summed E-state index contributed by atoms with van der Waals surface area (Å²) < 4.78 is 14.2. The van der Waals surface area contributed by atoms with Gasteiger partial charge in [0.2, 0.25) is 0 Å². The van der Waals surface area contributed by atoms with Crippen molar-refractivity contribution in [1.29, 1.82) is 0 Å². The van der Waals surface area contributed by atoms with Crippen LogP contribution in [0.5, 0.6) is 0 Å². The van der Waals surface area contributed by atoms with Crippen LogP contribution in [0.3, 0.4) is 0 Å². The van der Waals surface area contributed by atoms with E-state index >= 15 is 0 Å². The van der Waals surface area contributed by atoms with E-state index < -0.39 is 11.6 Å². The first-order valence-electron chi connectivity index (χ1n) is 4.94. The maximum Gasteiger partial charge on any atom is 0.197 e. The van der Waals surface area contributed by atoms with Crippen LogP contribution in [-0.4, -0.2) is 5.78 Å². The van der Waals surface area contributed by atoms with Crippen molar-refractivity contribution in [1.82, 2.24) is 0 Å². The van der Waals surface area contributed by atoms with Crippen LogP contribution in [0.4, 0.5) is 4.39 Å². The van der Waals surface area contributed by atoms with Crippen molar-refractivity contribution in [2.24, 2.45) is 0 Å². The summed E-state index contributed by atoms with van der Waals surface area (Å²) >= 11 is 14.9. The molecular formula is C13H6BrCl2FO. The highest BCUT2D eigenvalue weighted by molar-refractivity contribution is 9.10. The van der Waals surface area contributed by atoms with Gasteiger partial charge in [-0.1, -0.05) is 39.1 Å². The molecule has 0 bridgehead atoms. The number of ketones is 1. The minimum Gasteiger partial charge on any atom is -0.288 e. The summed E-state index contributed by atoms with van der Waals surface area (Å²) in [6.07, 6.45) is 0. The smallest absolute Gasteiger partial charge is 0.197 e. The summed E-state index contributed by atoms with van der Waals surface area (Å²) in [6, 6.07) is 8.63. The topological polar surface area (TPSA) is 17.1 Å². The summed E-state index contributed by atoms with van der Waals surface area (Å²) in [5.74, 6) is -1.07. The SMILES string of the molecule is O=C(c1cc(Br)ccc1F)c1ccc(Cl)cc1Cl. The molecule has 92 valence electrons. The van der Waals surface area contributed by atoms with Gasteiger partial charge in [0.15, 0.2) is 5.78 Å². The van der Waals surface area contributed by atoms with Gasteiger partial charge in [-0.2, -0.15) is 0 Å². The Bertz CT molecular complexity index is 628. The molecule has 0 fully saturated rings. The van der Waals surface area contributed by atoms with E-state index in [9.17, 15) is 9.18 Å². The number of carbonyl (C=O) groups excluding carboxylic acids is 1. The molecule has 0 atom stereocenters. The largest absolute Gasteiger partial charge is 0.288 e. The molecule has 0 saturated heterocycles. The van der Waals surface area contributed by atoms with Crippen molar-refractivity contribution in [2.45, 2.75) is 0 Å². The van der Waals surface area contributed by atoms with Crippen LogP contribution < -0.4 is 0 Å². The highest BCUT2D eigenvalue weighted by Crippen LogP contribution is 2.25. The molecule has 2 aromatic rings. The molecular weight excluding hydrogens is 342 g/mol. The summed E-state index contributed by atoms with van der Waals surface area (Å²) in [5.41, 5.74) is 0.187. The minimum absolute atomic E-state index is 0.0337. The van der Waals surface area contributed by atoms with E-state index in [0.717, 1.165) is 0 Å². The first-order chi connectivity index (χ1) is 8.49. The number of halogens is 4. The van der Waals surface area contributed by atoms with E-state index in [-0.39, 0.29) is 16.1 Å². The molecule has 0 aromatic heterocycles. The van der Waals surface area contributed by atoms with E-state index in [1.165, 1.54) is 36.4 Å². The second-order valence-corrected chi connectivity index (χ2v) is 5.34. The Hall–Kier alpha value is -0.900. The van der Waals surface area contributed by atoms with Gasteiger partial charge in [0.05, 0.1) is 10.6 Å². The maximum atomic E-state index is 13.6. The van der Waals surface area contributed by atoms with Crippen molar-refractivity contribution in [3.63, 3.8) is 0 Å². The fourth-order valence-electron chi connectivity index (χ4n) is 1.49. The van der Waals surface area contributed by atoms with Crippen molar-refractivity contribution in [3.8, 4) is 0 Å². The zero-order valence-corrected chi connectivity index (χ0v) is 12.0. The number of hydrogen-bond acceptors (Lipinski definition) is 1. The van der Waals surface area contributed by atoms with Gasteiger partial charge in [-0.15, -0.1) is 0 Å². The Morgan fingerprint density at radius 1 is 1.06 bits per heavy atom. The number of rotatable bonds is 2. The quantitative estimate of drug-likeness (QED) is 0.688. The molecule has 0 aliphatic rings. The van der Waals surface area contributed by atoms with Crippen LogP contribution >= 0.6 is 39.1 Å². The fraction of sp³-hybridized carbons (Fsp3) is 0. The Labute approximate surface area is 122 Å². The molecule has 0 spiro atoms. The molecule has 0 unspecified atom stereocenters. The highest BCUT2D eigenvalue weighted by atomic mass is 79.9. The van der Waals surface area contributed by atoms with Crippen molar-refractivity contribution < 1.29 is 9.18 Å². The predicted molar refractivity (Wildman–Crippen MR) is 74.0 cm³/mol. The van der Waals surface area contributed by atoms with Gasteiger partial charge in [-0.05, 0) is 36.4 Å². The molecule has 0 saturated carbocycles. The second-order valence-electron chi connectivity index (χ2n) is 3.58. The van der Waals surface area contributed by atoms with Crippen LogP contribution in [0.2, 0.25) is 10.0 Å². The Morgan fingerprint density at radius 2 is 1.78 bits per heavy atom. The van der Waals surface area contributed by atoms with Crippen LogP contribution in [-0.2, 0) is 0 Å². The van der Waals surface area contributed by atoms with Crippen LogP contribution in [0.1, 0.15) is 15.9 Å². The molecule has 0 radical (unpaired) electrons. The normalized spacial score (nSPS) is 10.4. The van der Waals surface area contributed by atoms with Crippen molar-refractivity contribution >= 4 is 44.9 Å². The zero-order chi connectivity index (χ0) is 13.3. The zero-order valence-electron chi connectivity index (χ0n) is 8.88. The molecule has 1 nitrogen and oxygen atoms in total. The molecule has 2 aromatic carbocycles. The van der Waals surface area contributed by atoms with Gasteiger partial charge in [-0.25, -0.2) is 4.39 Å². The number of benzene rings is 2. The summed E-state index contributed by atoms with van der Waals surface area (Å²) in [7, 11) is 0. The van der Waals surface area contributed by atoms with Gasteiger partial charge >= 0.3 is 0 Å². The lowest BCUT2D eigenvalue weighted by Crippen LogP contribution is -2.05. The summed E-state index contributed by atoms with van der Waals surface area (Å²) in [5, 5.41) is 0.623. The number of hydrogen-bond donors (Lipinski definition) is 0. The maximum absolute atomic E-state index is 13.6. The van der Waals surface area contributed by atoms with E-state index in [0.29, 0.717) is 9.50 Å². The van der Waals surface area contributed by atoms with Gasteiger partial charge in [0.25, 0.3) is 0 Å². The first-order valence-corrected chi connectivity index (χ1v) is 6.49. The summed E-state index contributed by atoms with van der Waals surface area (Å²) in [4.78, 5) is 12.2. The van der Waals surface area contributed by atoms with Gasteiger partial charge in [-0.3, -0.25) is 4.79 Å². The molecule has 0 heterocycles. The van der Waals surface area contributed by atoms with E-state index in [2.05, 4.69) is 15.9 Å². The Kier molecular flexibility index (Phi) is 4.05. The summed E-state index contributed by atoms with van der Waals surface area (Å²) in [6.45, 7) is 0. The average molecular weight is 348 g/mol. The number of carbonyl (C=O) groups is 1. The van der Waals surface area contributed by atoms with Crippen molar-refractivity contribution in [2.75, 3.05) is 0 Å². The third-order valence-corrected chi connectivity index (χ3v) is 3.39. The van der Waals surface area contributed by atoms with E-state index in [1.54, 1.807) is 0 Å². The van der Waals surface area contributed by atoms with Gasteiger partial charge in [0, 0.05) is 15.1 Å². The average Bonchev–Trinajstić information content (AvgIpc) is 2.31. The van der Waals surface area contributed by atoms with E-state index in [4.69, 9.17) is 23.2 Å². The Balaban J connectivity index is 2.51. The highest BCUT2D eigenvalue weighted by Gasteiger charge is 2.17. The molecule has 0 aliphatic carbocycles. The van der Waals surface area contributed by atoms with Crippen LogP contribution in [0.25, 0.3) is 0 Å². The second kappa shape index (κ2) is 5.39. The first kappa shape index (κ1) is 13.5. The molecule has 2 rings (SSSR count). The molecule has 18 heavy (non-hydrogen) atoms. The predicted octanol–water partition coefficient (Wildman–Crippen LogP) is 5.13. The van der Waals surface area contributed by atoms with Gasteiger partial charge < -0.3 is 0 Å². The lowest BCUT2D eigenvalue weighted by Gasteiger charge is -2.05.